The maximum atomic E-state index is 5.21. The van der Waals surface area contributed by atoms with E-state index in [1.807, 2.05) is 13.0 Å². The van der Waals surface area contributed by atoms with Gasteiger partial charge in [-0.25, -0.2) is 0 Å². The second-order valence-electron chi connectivity index (χ2n) is 3.13. The van der Waals surface area contributed by atoms with Gasteiger partial charge in [0.2, 0.25) is 0 Å². The van der Waals surface area contributed by atoms with E-state index in [0.717, 1.165) is 5.75 Å². The van der Waals surface area contributed by atoms with Crippen molar-refractivity contribution in [2.45, 2.75) is 19.9 Å². The minimum Gasteiger partial charge on any atom is -1.00 e. The van der Waals surface area contributed by atoms with E-state index in [-0.39, 0.29) is 12.4 Å². The molecule has 74 valence electrons. The standard InChI is InChI=1S/C10H15NO.ClH/c1-7-4-5-9(8(2)11)6-10(7)12-3;/h4-6,8H,11H2,1-3H3;1H. The number of ether oxygens (including phenoxy) is 1. The van der Waals surface area contributed by atoms with Gasteiger partial charge in [0.05, 0.1) is 7.11 Å². The van der Waals surface area contributed by atoms with Gasteiger partial charge in [-0.15, -0.1) is 0 Å². The third-order valence-electron chi connectivity index (χ3n) is 2.00. The normalized spacial score (nSPS) is 11.7. The number of aryl methyl sites for hydroxylation is 1. The minimum atomic E-state index is 0. The summed E-state index contributed by atoms with van der Waals surface area (Å²) in [5.74, 6) is 0.947. The zero-order valence-corrected chi connectivity index (χ0v) is 9.06. The summed E-state index contributed by atoms with van der Waals surface area (Å²) in [6.45, 7) is 4.11. The number of quaternary nitrogens is 1. The first-order chi connectivity index (χ1) is 5.65. The molecule has 0 fully saturated rings. The van der Waals surface area contributed by atoms with E-state index >= 15 is 0 Å². The molecular formula is C10H16ClNO. The third-order valence-corrected chi connectivity index (χ3v) is 2.00. The van der Waals surface area contributed by atoms with Gasteiger partial charge >= 0.3 is 0 Å². The fraction of sp³-hybridized carbons (Fsp3) is 0.400. The van der Waals surface area contributed by atoms with E-state index in [4.69, 9.17) is 4.74 Å². The monoisotopic (exact) mass is 201 g/mol. The number of halogens is 1. The summed E-state index contributed by atoms with van der Waals surface area (Å²) < 4.78 is 5.21. The van der Waals surface area contributed by atoms with Crippen LogP contribution in [0.5, 0.6) is 5.75 Å². The van der Waals surface area contributed by atoms with Gasteiger partial charge in [-0.3, -0.25) is 0 Å². The lowest BCUT2D eigenvalue weighted by Gasteiger charge is -2.07. The third kappa shape index (κ3) is 2.90. The molecular weight excluding hydrogens is 186 g/mol. The Hall–Kier alpha value is -0.730. The molecule has 0 aliphatic carbocycles. The van der Waals surface area contributed by atoms with E-state index in [9.17, 15) is 0 Å². The van der Waals surface area contributed by atoms with Crippen molar-refractivity contribution < 1.29 is 22.9 Å². The fourth-order valence-electron chi connectivity index (χ4n) is 1.14. The lowest BCUT2D eigenvalue weighted by molar-refractivity contribution is -0.420. The number of methoxy groups -OCH3 is 1. The van der Waals surface area contributed by atoms with Crippen LogP contribution in [0.2, 0.25) is 0 Å². The molecule has 0 bridgehead atoms. The van der Waals surface area contributed by atoms with Crippen LogP contribution in [0.15, 0.2) is 18.2 Å². The predicted molar refractivity (Wildman–Crippen MR) is 49.0 cm³/mol. The van der Waals surface area contributed by atoms with Gasteiger partial charge < -0.3 is 22.9 Å². The number of rotatable bonds is 2. The minimum absolute atomic E-state index is 0. The van der Waals surface area contributed by atoms with Crippen LogP contribution in [0.3, 0.4) is 0 Å². The highest BCUT2D eigenvalue weighted by Gasteiger charge is 2.05. The molecule has 3 heteroatoms. The molecule has 0 amide bonds. The van der Waals surface area contributed by atoms with E-state index < -0.39 is 0 Å². The maximum absolute atomic E-state index is 5.21. The van der Waals surface area contributed by atoms with Crippen LogP contribution in [0.25, 0.3) is 0 Å². The van der Waals surface area contributed by atoms with Crippen molar-refractivity contribution >= 4 is 0 Å². The summed E-state index contributed by atoms with van der Waals surface area (Å²) in [7, 11) is 1.69. The average Bonchev–Trinajstić information content (AvgIpc) is 2.05. The van der Waals surface area contributed by atoms with Crippen LogP contribution in [0, 0.1) is 6.92 Å². The second kappa shape index (κ2) is 5.10. The summed E-state index contributed by atoms with van der Waals surface area (Å²) in [5, 5.41) is 0. The lowest BCUT2D eigenvalue weighted by Crippen LogP contribution is -3.00. The van der Waals surface area contributed by atoms with Gasteiger partial charge in [0.1, 0.15) is 11.8 Å². The smallest absolute Gasteiger partial charge is 0.122 e. The van der Waals surface area contributed by atoms with E-state index in [2.05, 4.69) is 24.8 Å². The number of hydrogen-bond donors (Lipinski definition) is 1. The second-order valence-corrected chi connectivity index (χ2v) is 3.13. The highest BCUT2D eigenvalue weighted by molar-refractivity contribution is 5.37. The predicted octanol–water partition coefficient (Wildman–Crippen LogP) is -1.69. The molecule has 1 aromatic carbocycles. The molecule has 3 N–H and O–H groups in total. The Morgan fingerprint density at radius 2 is 2.00 bits per heavy atom. The van der Waals surface area contributed by atoms with Crippen molar-refractivity contribution in [2.24, 2.45) is 0 Å². The SMILES string of the molecule is COc1cc(C(C)[NH3+])ccc1C.[Cl-]. The Morgan fingerprint density at radius 1 is 1.38 bits per heavy atom. The largest absolute Gasteiger partial charge is 1.00 e. The van der Waals surface area contributed by atoms with Crippen LogP contribution >= 0.6 is 0 Å². The lowest BCUT2D eigenvalue weighted by atomic mass is 10.1. The summed E-state index contributed by atoms with van der Waals surface area (Å²) in [6.07, 6.45) is 0. The molecule has 0 spiro atoms. The molecule has 0 saturated heterocycles. The van der Waals surface area contributed by atoms with Crippen molar-refractivity contribution in [3.8, 4) is 5.75 Å². The first-order valence-electron chi connectivity index (χ1n) is 4.12. The number of benzene rings is 1. The van der Waals surface area contributed by atoms with Crippen LogP contribution < -0.4 is 22.9 Å². The molecule has 0 saturated carbocycles. The van der Waals surface area contributed by atoms with Crippen molar-refractivity contribution in [3.05, 3.63) is 29.3 Å². The molecule has 1 aromatic rings. The molecule has 0 aliphatic rings. The summed E-state index contributed by atoms with van der Waals surface area (Å²) in [6, 6.07) is 6.53. The first-order valence-corrected chi connectivity index (χ1v) is 4.12. The zero-order valence-electron chi connectivity index (χ0n) is 8.30. The molecule has 0 aromatic heterocycles. The Bertz CT molecular complexity index is 274. The quantitative estimate of drug-likeness (QED) is 0.610. The van der Waals surface area contributed by atoms with E-state index in [1.165, 1.54) is 11.1 Å². The summed E-state index contributed by atoms with van der Waals surface area (Å²) in [5.41, 5.74) is 6.35. The van der Waals surface area contributed by atoms with Crippen molar-refractivity contribution in [1.29, 1.82) is 0 Å². The van der Waals surface area contributed by atoms with Gasteiger partial charge in [0.15, 0.2) is 0 Å². The highest BCUT2D eigenvalue weighted by Crippen LogP contribution is 2.21. The molecule has 1 unspecified atom stereocenters. The van der Waals surface area contributed by atoms with Crippen LogP contribution in [-0.4, -0.2) is 7.11 Å². The molecule has 1 atom stereocenters. The summed E-state index contributed by atoms with van der Waals surface area (Å²) in [4.78, 5) is 0. The van der Waals surface area contributed by atoms with Crippen LogP contribution in [0.1, 0.15) is 24.1 Å². The highest BCUT2D eigenvalue weighted by atomic mass is 35.5. The van der Waals surface area contributed by atoms with Gasteiger partial charge in [-0.1, -0.05) is 12.1 Å². The van der Waals surface area contributed by atoms with Crippen molar-refractivity contribution in [1.82, 2.24) is 0 Å². The molecule has 13 heavy (non-hydrogen) atoms. The van der Waals surface area contributed by atoms with Crippen molar-refractivity contribution in [3.63, 3.8) is 0 Å². The van der Waals surface area contributed by atoms with Crippen LogP contribution in [-0.2, 0) is 0 Å². The molecule has 1 rings (SSSR count). The Labute approximate surface area is 85.5 Å². The summed E-state index contributed by atoms with van der Waals surface area (Å²) >= 11 is 0. The van der Waals surface area contributed by atoms with Crippen molar-refractivity contribution in [2.75, 3.05) is 7.11 Å². The van der Waals surface area contributed by atoms with E-state index in [0.29, 0.717) is 6.04 Å². The molecule has 0 radical (unpaired) electrons. The van der Waals surface area contributed by atoms with Crippen LogP contribution in [0.4, 0.5) is 0 Å². The Kier molecular flexibility index (Phi) is 4.81. The Balaban J connectivity index is 0.00000144. The van der Waals surface area contributed by atoms with Gasteiger partial charge in [-0.2, -0.15) is 0 Å². The molecule has 2 nitrogen and oxygen atoms in total. The molecule has 0 aliphatic heterocycles. The Morgan fingerprint density at radius 3 is 2.46 bits per heavy atom. The van der Waals surface area contributed by atoms with Gasteiger partial charge in [0, 0.05) is 5.56 Å². The average molecular weight is 202 g/mol. The maximum Gasteiger partial charge on any atom is 0.122 e. The first kappa shape index (κ1) is 12.3. The molecule has 0 heterocycles. The van der Waals surface area contributed by atoms with Gasteiger partial charge in [0.25, 0.3) is 0 Å². The zero-order chi connectivity index (χ0) is 9.14. The topological polar surface area (TPSA) is 36.9 Å². The van der Waals surface area contributed by atoms with E-state index in [1.54, 1.807) is 7.11 Å². The number of hydrogen-bond acceptors (Lipinski definition) is 1. The fourth-order valence-corrected chi connectivity index (χ4v) is 1.14. The van der Waals surface area contributed by atoms with Gasteiger partial charge in [-0.05, 0) is 25.5 Å².